The van der Waals surface area contributed by atoms with Gasteiger partial charge >= 0.3 is 0 Å². The maximum Gasteiger partial charge on any atom is 0.267 e. The fraction of sp³-hybridized carbons (Fsp3) is 0.200. The predicted octanol–water partition coefficient (Wildman–Crippen LogP) is 3.03. The number of hydrogen-bond acceptors (Lipinski definition) is 3. The number of aromatic nitrogens is 1. The molecule has 1 atom stereocenters. The molecule has 5 nitrogen and oxygen atoms in total. The Bertz CT molecular complexity index is 962. The first-order valence-corrected chi connectivity index (χ1v) is 8.16. The van der Waals surface area contributed by atoms with Crippen molar-refractivity contribution in [2.75, 3.05) is 6.54 Å². The summed E-state index contributed by atoms with van der Waals surface area (Å²) in [5.41, 5.74) is 1.08. The van der Waals surface area contributed by atoms with Crippen LogP contribution in [0.1, 0.15) is 23.0 Å². The maximum absolute atomic E-state index is 12.3. The van der Waals surface area contributed by atoms with Crippen molar-refractivity contribution in [3.05, 3.63) is 76.2 Å². The van der Waals surface area contributed by atoms with Gasteiger partial charge in [0.2, 0.25) is 0 Å². The van der Waals surface area contributed by atoms with Crippen LogP contribution < -0.4 is 15.6 Å². The SMILES string of the molecule is Cc1cccc(OC(C)CNC(=O)c2cc3ccccc3c(=O)[nH]2)c1. The van der Waals surface area contributed by atoms with Crippen molar-refractivity contribution in [2.45, 2.75) is 20.0 Å². The Balaban J connectivity index is 1.65. The zero-order chi connectivity index (χ0) is 17.8. The van der Waals surface area contributed by atoms with E-state index in [1.807, 2.05) is 50.2 Å². The molecule has 1 aromatic heterocycles. The first-order chi connectivity index (χ1) is 12.0. The van der Waals surface area contributed by atoms with Gasteiger partial charge in [-0.15, -0.1) is 0 Å². The predicted molar refractivity (Wildman–Crippen MR) is 98.2 cm³/mol. The number of ether oxygens (including phenoxy) is 1. The highest BCUT2D eigenvalue weighted by Crippen LogP contribution is 2.14. The summed E-state index contributed by atoms with van der Waals surface area (Å²) >= 11 is 0. The summed E-state index contributed by atoms with van der Waals surface area (Å²) in [6.45, 7) is 4.21. The minimum atomic E-state index is -0.331. The average Bonchev–Trinajstić information content (AvgIpc) is 2.59. The van der Waals surface area contributed by atoms with Gasteiger partial charge in [0.15, 0.2) is 0 Å². The molecular formula is C20H20N2O3. The molecule has 128 valence electrons. The molecule has 0 aliphatic carbocycles. The minimum Gasteiger partial charge on any atom is -0.489 e. The third kappa shape index (κ3) is 4.07. The number of rotatable bonds is 5. The highest BCUT2D eigenvalue weighted by molar-refractivity contribution is 5.96. The van der Waals surface area contributed by atoms with E-state index in [1.165, 1.54) is 0 Å². The zero-order valence-corrected chi connectivity index (χ0v) is 14.2. The van der Waals surface area contributed by atoms with Gasteiger partial charge < -0.3 is 15.0 Å². The number of aromatic amines is 1. The quantitative estimate of drug-likeness (QED) is 0.752. The van der Waals surface area contributed by atoms with Crippen LogP contribution in [0.4, 0.5) is 0 Å². The molecule has 1 amide bonds. The number of carbonyl (C=O) groups excluding carboxylic acids is 1. The third-order valence-electron chi connectivity index (χ3n) is 3.87. The second-order valence-corrected chi connectivity index (χ2v) is 6.05. The molecule has 25 heavy (non-hydrogen) atoms. The van der Waals surface area contributed by atoms with Gasteiger partial charge in [-0.3, -0.25) is 9.59 Å². The molecule has 0 aliphatic rings. The van der Waals surface area contributed by atoms with Crippen LogP contribution in [0, 0.1) is 6.92 Å². The molecule has 2 N–H and O–H groups in total. The van der Waals surface area contributed by atoms with E-state index in [9.17, 15) is 9.59 Å². The van der Waals surface area contributed by atoms with Crippen molar-refractivity contribution in [2.24, 2.45) is 0 Å². The van der Waals surface area contributed by atoms with Crippen molar-refractivity contribution < 1.29 is 9.53 Å². The Morgan fingerprint density at radius 2 is 1.96 bits per heavy atom. The molecule has 5 heteroatoms. The number of benzene rings is 2. The Labute approximate surface area is 145 Å². The van der Waals surface area contributed by atoms with Crippen molar-refractivity contribution in [3.63, 3.8) is 0 Å². The molecule has 3 rings (SSSR count). The largest absolute Gasteiger partial charge is 0.489 e. The second kappa shape index (κ2) is 7.21. The Hall–Kier alpha value is -3.08. The van der Waals surface area contributed by atoms with E-state index in [-0.39, 0.29) is 23.3 Å². The number of nitrogens with one attached hydrogen (secondary N) is 2. The van der Waals surface area contributed by atoms with Gasteiger partial charge in [0.1, 0.15) is 17.5 Å². The minimum absolute atomic E-state index is 0.196. The van der Waals surface area contributed by atoms with E-state index < -0.39 is 0 Å². The number of hydrogen-bond donors (Lipinski definition) is 2. The van der Waals surface area contributed by atoms with E-state index in [0.29, 0.717) is 11.9 Å². The van der Waals surface area contributed by atoms with Gasteiger partial charge in [-0.25, -0.2) is 0 Å². The van der Waals surface area contributed by atoms with Crippen LogP contribution >= 0.6 is 0 Å². The maximum atomic E-state index is 12.3. The monoisotopic (exact) mass is 336 g/mol. The molecule has 0 saturated heterocycles. The molecular weight excluding hydrogens is 316 g/mol. The first kappa shape index (κ1) is 16.8. The molecule has 0 spiro atoms. The molecule has 3 aromatic rings. The molecule has 1 unspecified atom stereocenters. The number of carbonyl (C=O) groups is 1. The smallest absolute Gasteiger partial charge is 0.267 e. The van der Waals surface area contributed by atoms with E-state index in [4.69, 9.17) is 4.74 Å². The summed E-state index contributed by atoms with van der Waals surface area (Å²) in [4.78, 5) is 27.0. The molecule has 0 fully saturated rings. The van der Waals surface area contributed by atoms with Crippen LogP contribution in [0.25, 0.3) is 10.8 Å². The molecule has 0 saturated carbocycles. The van der Waals surface area contributed by atoms with E-state index in [1.54, 1.807) is 18.2 Å². The number of fused-ring (bicyclic) bond motifs is 1. The molecule has 0 bridgehead atoms. The van der Waals surface area contributed by atoms with Crippen molar-refractivity contribution >= 4 is 16.7 Å². The van der Waals surface area contributed by atoms with Crippen molar-refractivity contribution in [1.82, 2.24) is 10.3 Å². The van der Waals surface area contributed by atoms with Crippen molar-refractivity contribution in [3.8, 4) is 5.75 Å². The summed E-state index contributed by atoms with van der Waals surface area (Å²) in [5.74, 6) is 0.434. The van der Waals surface area contributed by atoms with Gasteiger partial charge in [0, 0.05) is 5.39 Å². The van der Waals surface area contributed by atoms with Crippen LogP contribution in [0.2, 0.25) is 0 Å². The summed E-state index contributed by atoms with van der Waals surface area (Å²) in [7, 11) is 0. The van der Waals surface area contributed by atoms with Gasteiger partial charge in [0.05, 0.1) is 6.54 Å². The summed E-state index contributed by atoms with van der Waals surface area (Å²) in [6, 6.07) is 16.6. The second-order valence-electron chi connectivity index (χ2n) is 6.05. The van der Waals surface area contributed by atoms with E-state index in [0.717, 1.165) is 16.7 Å². The fourth-order valence-electron chi connectivity index (χ4n) is 2.63. The molecule has 0 radical (unpaired) electrons. The first-order valence-electron chi connectivity index (χ1n) is 8.16. The Kier molecular flexibility index (Phi) is 4.84. The van der Waals surface area contributed by atoms with Gasteiger partial charge in [-0.2, -0.15) is 0 Å². The number of H-pyrrole nitrogens is 1. The number of amides is 1. The van der Waals surface area contributed by atoms with Crippen LogP contribution in [-0.4, -0.2) is 23.5 Å². The highest BCUT2D eigenvalue weighted by atomic mass is 16.5. The number of aryl methyl sites for hydroxylation is 1. The lowest BCUT2D eigenvalue weighted by molar-refractivity contribution is 0.0927. The lowest BCUT2D eigenvalue weighted by Crippen LogP contribution is -2.34. The van der Waals surface area contributed by atoms with Gasteiger partial charge in [-0.1, -0.05) is 30.3 Å². The Morgan fingerprint density at radius 1 is 1.16 bits per heavy atom. The van der Waals surface area contributed by atoms with E-state index >= 15 is 0 Å². The van der Waals surface area contributed by atoms with Crippen LogP contribution in [0.5, 0.6) is 5.75 Å². The normalized spacial score (nSPS) is 11.9. The summed E-state index contributed by atoms with van der Waals surface area (Å²) in [5, 5.41) is 4.09. The molecule has 0 aliphatic heterocycles. The standard InChI is InChI=1S/C20H20N2O3/c1-13-6-5-8-16(10-13)25-14(2)12-21-20(24)18-11-15-7-3-4-9-17(15)19(23)22-18/h3-11,14H,12H2,1-2H3,(H,21,24)(H,22,23). The molecule has 1 heterocycles. The molecule has 2 aromatic carbocycles. The van der Waals surface area contributed by atoms with Crippen molar-refractivity contribution in [1.29, 1.82) is 0 Å². The third-order valence-corrected chi connectivity index (χ3v) is 3.87. The van der Waals surface area contributed by atoms with Crippen LogP contribution in [0.3, 0.4) is 0 Å². The van der Waals surface area contributed by atoms with E-state index in [2.05, 4.69) is 10.3 Å². The van der Waals surface area contributed by atoms with Gasteiger partial charge in [-0.05, 0) is 49.1 Å². The van der Waals surface area contributed by atoms with Gasteiger partial charge in [0.25, 0.3) is 11.5 Å². The zero-order valence-electron chi connectivity index (χ0n) is 14.2. The fourth-order valence-corrected chi connectivity index (χ4v) is 2.63. The van der Waals surface area contributed by atoms with Crippen LogP contribution in [0.15, 0.2) is 59.4 Å². The summed E-state index contributed by atoms with van der Waals surface area (Å²) < 4.78 is 5.79. The lowest BCUT2D eigenvalue weighted by atomic mass is 10.1. The topological polar surface area (TPSA) is 71.2 Å². The highest BCUT2D eigenvalue weighted by Gasteiger charge is 2.11. The van der Waals surface area contributed by atoms with Crippen LogP contribution in [-0.2, 0) is 0 Å². The summed E-state index contributed by atoms with van der Waals surface area (Å²) in [6.07, 6.45) is -0.196. The Morgan fingerprint density at radius 3 is 2.76 bits per heavy atom. The lowest BCUT2D eigenvalue weighted by Gasteiger charge is -2.16. The average molecular weight is 336 g/mol. The number of pyridine rings is 1.